The molecular weight excluding hydrogens is 244 g/mol. The minimum atomic E-state index is 0.813. The molecule has 0 aliphatic heterocycles. The van der Waals surface area contributed by atoms with E-state index in [2.05, 4.69) is 53.1 Å². The van der Waals surface area contributed by atoms with Crippen LogP contribution in [0.15, 0.2) is 54.6 Å². The first-order valence-corrected chi connectivity index (χ1v) is 6.99. The van der Waals surface area contributed by atoms with E-state index < -0.39 is 0 Å². The second kappa shape index (κ2) is 4.27. The van der Waals surface area contributed by atoms with Crippen LogP contribution in [-0.4, -0.2) is 4.57 Å². The molecule has 0 radical (unpaired) electrons. The van der Waals surface area contributed by atoms with Crippen molar-refractivity contribution in [2.24, 2.45) is 0 Å². The van der Waals surface area contributed by atoms with E-state index in [9.17, 15) is 0 Å². The van der Waals surface area contributed by atoms with Crippen molar-refractivity contribution in [2.75, 3.05) is 5.73 Å². The fraction of sp³-hybridized carbons (Fsp3) is 0.111. The molecule has 0 spiro atoms. The van der Waals surface area contributed by atoms with Crippen LogP contribution in [0.5, 0.6) is 0 Å². The molecule has 1 aromatic heterocycles. The first kappa shape index (κ1) is 11.4. The summed E-state index contributed by atoms with van der Waals surface area (Å²) in [5, 5.41) is 1.32. The minimum Gasteiger partial charge on any atom is -0.399 e. The van der Waals surface area contributed by atoms with Crippen LogP contribution >= 0.6 is 0 Å². The highest BCUT2D eigenvalue weighted by Gasteiger charge is 2.18. The fourth-order valence-electron chi connectivity index (χ4n) is 3.11. The van der Waals surface area contributed by atoms with Gasteiger partial charge in [-0.2, -0.15) is 0 Å². The Morgan fingerprint density at radius 1 is 1.00 bits per heavy atom. The third kappa shape index (κ3) is 1.58. The zero-order chi connectivity index (χ0) is 13.5. The van der Waals surface area contributed by atoms with Gasteiger partial charge in [0.05, 0.1) is 5.52 Å². The number of anilines is 1. The highest BCUT2D eigenvalue weighted by atomic mass is 15.0. The molecule has 0 atom stereocenters. The molecule has 2 heteroatoms. The third-order valence-electron chi connectivity index (χ3n) is 3.99. The summed E-state index contributed by atoms with van der Waals surface area (Å²) >= 11 is 0. The Morgan fingerprint density at radius 2 is 1.85 bits per heavy atom. The number of hydrogen-bond donors (Lipinski definition) is 1. The lowest BCUT2D eigenvalue weighted by Crippen LogP contribution is -1.99. The number of aromatic nitrogens is 1. The predicted molar refractivity (Wildman–Crippen MR) is 85.0 cm³/mol. The fourth-order valence-corrected chi connectivity index (χ4v) is 3.11. The molecule has 1 heterocycles. The average molecular weight is 260 g/mol. The molecule has 3 aromatic rings. The summed E-state index contributed by atoms with van der Waals surface area (Å²) in [7, 11) is 0. The van der Waals surface area contributed by atoms with Crippen molar-refractivity contribution < 1.29 is 0 Å². The van der Waals surface area contributed by atoms with Crippen LogP contribution in [0.1, 0.15) is 17.7 Å². The Labute approximate surface area is 118 Å². The molecule has 0 saturated heterocycles. The number of nitrogens with zero attached hydrogens (tertiary/aromatic N) is 1. The van der Waals surface area contributed by atoms with E-state index in [1.807, 2.05) is 12.1 Å². The summed E-state index contributed by atoms with van der Waals surface area (Å²) in [6.45, 7) is 0. The van der Waals surface area contributed by atoms with Gasteiger partial charge in [0.2, 0.25) is 0 Å². The number of para-hydroxylation sites is 1. The molecule has 4 rings (SSSR count). The van der Waals surface area contributed by atoms with Gasteiger partial charge in [-0.1, -0.05) is 30.3 Å². The summed E-state index contributed by atoms with van der Waals surface area (Å²) in [4.78, 5) is 0. The number of rotatable bonds is 1. The van der Waals surface area contributed by atoms with E-state index in [1.54, 1.807) is 0 Å². The topological polar surface area (TPSA) is 30.9 Å². The number of aryl methyl sites for hydroxylation is 1. The number of benzene rings is 2. The van der Waals surface area contributed by atoms with E-state index in [0.29, 0.717) is 0 Å². The van der Waals surface area contributed by atoms with Crippen LogP contribution in [0.2, 0.25) is 0 Å². The predicted octanol–water partition coefficient (Wildman–Crippen LogP) is 4.17. The normalized spacial score (nSPS) is 13.6. The molecule has 0 amide bonds. The molecule has 1 aliphatic rings. The van der Waals surface area contributed by atoms with Crippen molar-refractivity contribution in [3.63, 3.8) is 0 Å². The Bertz CT molecular complexity index is 810. The van der Waals surface area contributed by atoms with Gasteiger partial charge in [-0.15, -0.1) is 0 Å². The Balaban J connectivity index is 2.14. The average Bonchev–Trinajstić information content (AvgIpc) is 2.81. The highest BCUT2D eigenvalue weighted by Crippen LogP contribution is 2.34. The summed E-state index contributed by atoms with van der Waals surface area (Å²) in [5.74, 6) is 0. The number of nitrogen functional groups attached to an aromatic ring is 1. The van der Waals surface area contributed by atoms with Gasteiger partial charge in [-0.25, -0.2) is 0 Å². The maximum absolute atomic E-state index is 6.00. The van der Waals surface area contributed by atoms with Crippen LogP contribution < -0.4 is 5.73 Å². The van der Waals surface area contributed by atoms with Gasteiger partial charge in [0, 0.05) is 22.5 Å². The molecule has 1 aliphatic carbocycles. The summed E-state index contributed by atoms with van der Waals surface area (Å²) in [5.41, 5.74) is 11.9. The van der Waals surface area contributed by atoms with Crippen molar-refractivity contribution in [3.05, 3.63) is 65.9 Å². The van der Waals surface area contributed by atoms with E-state index >= 15 is 0 Å². The van der Waals surface area contributed by atoms with Crippen molar-refractivity contribution in [3.8, 4) is 5.69 Å². The molecule has 0 fully saturated rings. The van der Waals surface area contributed by atoms with Crippen molar-refractivity contribution in [1.29, 1.82) is 0 Å². The quantitative estimate of drug-likeness (QED) is 0.654. The summed E-state index contributed by atoms with van der Waals surface area (Å²) in [6.07, 6.45) is 6.71. The summed E-state index contributed by atoms with van der Waals surface area (Å²) < 4.78 is 2.32. The minimum absolute atomic E-state index is 0.813. The van der Waals surface area contributed by atoms with Crippen LogP contribution in [0.3, 0.4) is 0 Å². The summed E-state index contributed by atoms with van der Waals surface area (Å²) in [6, 6.07) is 16.7. The largest absolute Gasteiger partial charge is 0.399 e. The van der Waals surface area contributed by atoms with E-state index in [1.165, 1.54) is 27.8 Å². The first-order chi connectivity index (χ1) is 9.84. The lowest BCUT2D eigenvalue weighted by atomic mass is 10.0. The number of nitrogens with two attached hydrogens (primary N) is 1. The zero-order valence-corrected chi connectivity index (χ0v) is 11.2. The number of fused-ring (bicyclic) bond motifs is 3. The van der Waals surface area contributed by atoms with E-state index in [4.69, 9.17) is 5.73 Å². The molecular formula is C18H16N2. The molecule has 0 unspecified atom stereocenters. The van der Waals surface area contributed by atoms with Crippen molar-refractivity contribution in [2.45, 2.75) is 12.8 Å². The maximum Gasteiger partial charge on any atom is 0.0558 e. The van der Waals surface area contributed by atoms with Gasteiger partial charge in [0.25, 0.3) is 0 Å². The van der Waals surface area contributed by atoms with Gasteiger partial charge in [0.1, 0.15) is 0 Å². The molecule has 0 bridgehead atoms. The monoisotopic (exact) mass is 260 g/mol. The number of allylic oxidation sites excluding steroid dienone is 1. The SMILES string of the molecule is Nc1ccc2c3c(n(-c4ccccc4)c2c1)C=CCC3. The number of hydrogen-bond acceptors (Lipinski definition) is 1. The lowest BCUT2D eigenvalue weighted by Gasteiger charge is -2.11. The maximum atomic E-state index is 6.00. The van der Waals surface area contributed by atoms with Gasteiger partial charge >= 0.3 is 0 Å². The van der Waals surface area contributed by atoms with E-state index in [-0.39, 0.29) is 0 Å². The van der Waals surface area contributed by atoms with Crippen LogP contribution in [-0.2, 0) is 6.42 Å². The molecule has 20 heavy (non-hydrogen) atoms. The van der Waals surface area contributed by atoms with Gasteiger partial charge in [0.15, 0.2) is 0 Å². The van der Waals surface area contributed by atoms with Crippen LogP contribution in [0, 0.1) is 0 Å². The smallest absolute Gasteiger partial charge is 0.0558 e. The molecule has 2 nitrogen and oxygen atoms in total. The second-order valence-corrected chi connectivity index (χ2v) is 5.25. The lowest BCUT2D eigenvalue weighted by molar-refractivity contribution is 0.967. The molecule has 2 aromatic carbocycles. The van der Waals surface area contributed by atoms with Gasteiger partial charge in [-0.3, -0.25) is 0 Å². The molecule has 0 saturated carbocycles. The Kier molecular flexibility index (Phi) is 2.43. The standard InChI is InChI=1S/C18H16N2/c19-13-10-11-16-15-8-4-5-9-17(15)20(18(16)12-13)14-6-2-1-3-7-14/h1-3,5-7,9-12H,4,8,19H2. The molecule has 2 N–H and O–H groups in total. The van der Waals surface area contributed by atoms with Gasteiger partial charge < -0.3 is 10.3 Å². The van der Waals surface area contributed by atoms with Gasteiger partial charge in [-0.05, 0) is 48.7 Å². The second-order valence-electron chi connectivity index (χ2n) is 5.25. The first-order valence-electron chi connectivity index (χ1n) is 6.99. The molecule has 98 valence electrons. The van der Waals surface area contributed by atoms with Crippen LogP contribution in [0.4, 0.5) is 5.69 Å². The van der Waals surface area contributed by atoms with Crippen molar-refractivity contribution in [1.82, 2.24) is 4.57 Å². The zero-order valence-electron chi connectivity index (χ0n) is 11.2. The third-order valence-corrected chi connectivity index (χ3v) is 3.99. The van der Waals surface area contributed by atoms with E-state index in [0.717, 1.165) is 18.5 Å². The van der Waals surface area contributed by atoms with Crippen molar-refractivity contribution >= 4 is 22.7 Å². The Morgan fingerprint density at radius 3 is 2.70 bits per heavy atom. The van der Waals surface area contributed by atoms with Crippen LogP contribution in [0.25, 0.3) is 22.7 Å². The highest BCUT2D eigenvalue weighted by molar-refractivity contribution is 5.92. The Hall–Kier alpha value is -2.48.